The van der Waals surface area contributed by atoms with Gasteiger partial charge in [0.05, 0.1) is 0 Å². The lowest BCUT2D eigenvalue weighted by Crippen LogP contribution is -2.56. The summed E-state index contributed by atoms with van der Waals surface area (Å²) in [5.41, 5.74) is 0. The first-order valence-electron chi connectivity index (χ1n) is 7.29. The number of hydrogen-bond donors (Lipinski definition) is 2. The number of carbonyl (C=O) groups is 2. The minimum atomic E-state index is -0.887. The molecule has 1 heterocycles. The van der Waals surface area contributed by atoms with E-state index in [1.807, 2.05) is 6.92 Å². The van der Waals surface area contributed by atoms with Crippen LogP contribution < -0.4 is 5.32 Å². The number of carbonyl (C=O) groups excluding carboxylic acids is 1. The number of hydrogen-bond acceptors (Lipinski definition) is 2. The summed E-state index contributed by atoms with van der Waals surface area (Å²) in [7, 11) is 0. The number of nitrogens with one attached hydrogen (secondary N) is 1. The van der Waals surface area contributed by atoms with Crippen molar-refractivity contribution in [2.24, 2.45) is 11.8 Å². The fourth-order valence-electron chi connectivity index (χ4n) is 3.39. The van der Waals surface area contributed by atoms with Gasteiger partial charge < -0.3 is 15.3 Å². The Bertz CT molecular complexity index is 359. The molecule has 2 rings (SSSR count). The molecule has 4 unspecified atom stereocenters. The maximum Gasteiger partial charge on any atom is 0.326 e. The topological polar surface area (TPSA) is 69.6 Å². The largest absolute Gasteiger partial charge is 0.480 e. The number of nitrogens with zero attached hydrogens (tertiary/aromatic N) is 1. The van der Waals surface area contributed by atoms with Gasteiger partial charge in [-0.15, -0.1) is 0 Å². The van der Waals surface area contributed by atoms with Gasteiger partial charge in [-0.3, -0.25) is 0 Å². The number of likely N-dealkylation sites (tertiary alicyclic amines) is 1. The quantitative estimate of drug-likeness (QED) is 0.805. The van der Waals surface area contributed by atoms with E-state index < -0.39 is 12.0 Å². The molecule has 2 amide bonds. The van der Waals surface area contributed by atoms with Crippen LogP contribution in [-0.4, -0.2) is 40.6 Å². The third kappa shape index (κ3) is 3.19. The summed E-state index contributed by atoms with van der Waals surface area (Å²) in [6.45, 7) is 4.65. The summed E-state index contributed by atoms with van der Waals surface area (Å²) in [5, 5.41) is 12.3. The second-order valence-electron chi connectivity index (χ2n) is 6.16. The van der Waals surface area contributed by atoms with Crippen LogP contribution in [0, 0.1) is 11.8 Å². The molecule has 0 aromatic carbocycles. The minimum absolute atomic E-state index is 0.0273. The van der Waals surface area contributed by atoms with Crippen molar-refractivity contribution >= 4 is 12.0 Å². The van der Waals surface area contributed by atoms with Crippen molar-refractivity contribution in [2.75, 3.05) is 6.54 Å². The molecule has 1 saturated heterocycles. The summed E-state index contributed by atoms with van der Waals surface area (Å²) in [6.07, 6.45) is 4.92. The highest BCUT2D eigenvalue weighted by Crippen LogP contribution is 2.27. The summed E-state index contributed by atoms with van der Waals surface area (Å²) in [6, 6.07) is -0.653. The fourth-order valence-corrected chi connectivity index (χ4v) is 3.39. The first kappa shape index (κ1) is 14.2. The highest BCUT2D eigenvalue weighted by molar-refractivity contribution is 5.83. The Hall–Kier alpha value is -1.26. The van der Waals surface area contributed by atoms with Gasteiger partial charge in [0.1, 0.15) is 6.04 Å². The van der Waals surface area contributed by atoms with Crippen LogP contribution in [0.3, 0.4) is 0 Å². The van der Waals surface area contributed by atoms with Gasteiger partial charge in [0, 0.05) is 12.6 Å². The van der Waals surface area contributed by atoms with Crippen molar-refractivity contribution in [2.45, 2.75) is 58.0 Å². The average Bonchev–Trinajstić information content (AvgIpc) is 2.73. The lowest BCUT2D eigenvalue weighted by molar-refractivity contribution is -0.145. The fraction of sp³-hybridized carbons (Fsp3) is 0.857. The lowest BCUT2D eigenvalue weighted by atomic mass is 9.91. The summed E-state index contributed by atoms with van der Waals surface area (Å²) in [4.78, 5) is 25.1. The molecule has 108 valence electrons. The molecule has 1 saturated carbocycles. The van der Waals surface area contributed by atoms with E-state index in [1.165, 1.54) is 4.90 Å². The standard InChI is InChI=1S/C14H24N2O3/c1-9-5-6-11(8-9)15-14(19)16-7-3-4-10(2)12(16)13(17)18/h9-12H,3-8H2,1-2H3,(H,15,19)(H,17,18). The van der Waals surface area contributed by atoms with Gasteiger partial charge in [0.25, 0.3) is 0 Å². The van der Waals surface area contributed by atoms with Crippen LogP contribution in [0.1, 0.15) is 46.0 Å². The van der Waals surface area contributed by atoms with Crippen LogP contribution in [0.5, 0.6) is 0 Å². The van der Waals surface area contributed by atoms with Crippen LogP contribution in [0.25, 0.3) is 0 Å². The van der Waals surface area contributed by atoms with E-state index in [4.69, 9.17) is 0 Å². The number of carboxylic acid groups (broad SMARTS) is 1. The number of rotatable bonds is 2. The molecule has 2 fully saturated rings. The number of urea groups is 1. The minimum Gasteiger partial charge on any atom is -0.480 e. The van der Waals surface area contributed by atoms with E-state index in [0.29, 0.717) is 12.5 Å². The number of aliphatic carboxylic acids is 1. The zero-order valence-corrected chi connectivity index (χ0v) is 11.8. The van der Waals surface area contributed by atoms with Gasteiger partial charge in [0.2, 0.25) is 0 Å². The van der Waals surface area contributed by atoms with Gasteiger partial charge in [-0.1, -0.05) is 13.8 Å². The smallest absolute Gasteiger partial charge is 0.326 e. The summed E-state index contributed by atoms with van der Waals surface area (Å²) < 4.78 is 0. The molecule has 2 aliphatic rings. The van der Waals surface area contributed by atoms with Crippen LogP contribution in [0.15, 0.2) is 0 Å². The second-order valence-corrected chi connectivity index (χ2v) is 6.16. The molecule has 0 bridgehead atoms. The molecule has 0 spiro atoms. The van der Waals surface area contributed by atoms with Crippen molar-refractivity contribution in [3.05, 3.63) is 0 Å². The zero-order valence-electron chi connectivity index (χ0n) is 11.8. The van der Waals surface area contributed by atoms with Gasteiger partial charge in [-0.05, 0) is 43.9 Å². The molecule has 5 nitrogen and oxygen atoms in total. The van der Waals surface area contributed by atoms with E-state index in [1.54, 1.807) is 0 Å². The van der Waals surface area contributed by atoms with E-state index in [-0.39, 0.29) is 18.0 Å². The van der Waals surface area contributed by atoms with E-state index >= 15 is 0 Å². The Balaban J connectivity index is 1.98. The van der Waals surface area contributed by atoms with Crippen molar-refractivity contribution in [3.63, 3.8) is 0 Å². The van der Waals surface area contributed by atoms with Gasteiger partial charge in [0.15, 0.2) is 0 Å². The monoisotopic (exact) mass is 268 g/mol. The normalized spacial score (nSPS) is 35.2. The Morgan fingerprint density at radius 1 is 1.21 bits per heavy atom. The molecule has 1 aliphatic carbocycles. The van der Waals surface area contributed by atoms with Crippen LogP contribution in [0.4, 0.5) is 4.79 Å². The molecular formula is C14H24N2O3. The molecule has 0 radical (unpaired) electrons. The molecular weight excluding hydrogens is 244 g/mol. The second kappa shape index (κ2) is 5.80. The lowest BCUT2D eigenvalue weighted by Gasteiger charge is -2.37. The first-order valence-corrected chi connectivity index (χ1v) is 7.29. The highest BCUT2D eigenvalue weighted by Gasteiger charge is 2.38. The maximum absolute atomic E-state index is 12.3. The Morgan fingerprint density at radius 2 is 1.95 bits per heavy atom. The number of amides is 2. The molecule has 19 heavy (non-hydrogen) atoms. The zero-order chi connectivity index (χ0) is 14.0. The summed E-state index contributed by atoms with van der Waals surface area (Å²) in [5.74, 6) is -0.206. The third-order valence-corrected chi connectivity index (χ3v) is 4.47. The SMILES string of the molecule is CC1CCC(NC(=O)N2CCCC(C)C2C(=O)O)C1. The van der Waals surface area contributed by atoms with E-state index in [9.17, 15) is 14.7 Å². The van der Waals surface area contributed by atoms with Crippen LogP contribution in [-0.2, 0) is 4.79 Å². The maximum atomic E-state index is 12.3. The van der Waals surface area contributed by atoms with Crippen molar-refractivity contribution in [1.82, 2.24) is 10.2 Å². The first-order chi connectivity index (χ1) is 8.99. The Morgan fingerprint density at radius 3 is 2.53 bits per heavy atom. The van der Waals surface area contributed by atoms with Crippen molar-refractivity contribution < 1.29 is 14.7 Å². The van der Waals surface area contributed by atoms with Crippen LogP contribution in [0.2, 0.25) is 0 Å². The molecule has 0 aromatic rings. The number of carboxylic acids is 1. The van der Waals surface area contributed by atoms with E-state index in [0.717, 1.165) is 32.1 Å². The predicted molar refractivity (Wildman–Crippen MR) is 71.9 cm³/mol. The molecule has 5 heteroatoms. The van der Waals surface area contributed by atoms with Gasteiger partial charge in [-0.2, -0.15) is 0 Å². The van der Waals surface area contributed by atoms with Crippen LogP contribution >= 0.6 is 0 Å². The molecule has 4 atom stereocenters. The number of piperidine rings is 1. The Kier molecular flexibility index (Phi) is 4.32. The van der Waals surface area contributed by atoms with Crippen molar-refractivity contribution in [1.29, 1.82) is 0 Å². The van der Waals surface area contributed by atoms with Gasteiger partial charge >= 0.3 is 12.0 Å². The summed E-state index contributed by atoms with van der Waals surface area (Å²) >= 11 is 0. The molecule has 0 aromatic heterocycles. The van der Waals surface area contributed by atoms with E-state index in [2.05, 4.69) is 12.2 Å². The third-order valence-electron chi connectivity index (χ3n) is 4.47. The van der Waals surface area contributed by atoms with Gasteiger partial charge in [-0.25, -0.2) is 9.59 Å². The predicted octanol–water partition coefficient (Wildman–Crippen LogP) is 2.07. The highest BCUT2D eigenvalue weighted by atomic mass is 16.4. The molecule has 2 N–H and O–H groups in total. The molecule has 1 aliphatic heterocycles. The average molecular weight is 268 g/mol. The van der Waals surface area contributed by atoms with Crippen molar-refractivity contribution in [3.8, 4) is 0 Å². The Labute approximate surface area is 114 Å².